The van der Waals surface area contributed by atoms with Crippen LogP contribution in [0.25, 0.3) is 11.8 Å². The molecule has 1 aromatic heterocycles. The van der Waals surface area contributed by atoms with Gasteiger partial charge < -0.3 is 14.6 Å². The Morgan fingerprint density at radius 3 is 2.57 bits per heavy atom. The molecule has 0 atom stereocenters. The molecule has 0 bridgehead atoms. The number of aryl methyl sites for hydroxylation is 1. The minimum absolute atomic E-state index is 0.251. The Morgan fingerprint density at radius 1 is 1.13 bits per heavy atom. The van der Waals surface area contributed by atoms with E-state index in [-0.39, 0.29) is 5.70 Å². The van der Waals surface area contributed by atoms with Gasteiger partial charge in [0.25, 0.3) is 5.91 Å². The van der Waals surface area contributed by atoms with Gasteiger partial charge in [0.05, 0.1) is 7.11 Å². The number of hydrogen-bond donors (Lipinski definition) is 2. The molecule has 0 saturated carbocycles. The fraction of sp³-hybridized carbons (Fsp3) is 0.176. The normalized spacial score (nSPS) is 15.7. The summed E-state index contributed by atoms with van der Waals surface area (Å²) in [5.41, 5.74) is 4.09. The number of nitrogens with zero attached hydrogens (tertiary/aromatic N) is 1. The molecule has 118 valence electrons. The van der Waals surface area contributed by atoms with E-state index in [2.05, 4.69) is 15.2 Å². The van der Waals surface area contributed by atoms with Crippen LogP contribution in [0.15, 0.2) is 36.0 Å². The molecule has 2 heterocycles. The Bertz CT molecular complexity index is 834. The summed E-state index contributed by atoms with van der Waals surface area (Å²) >= 11 is 0. The molecule has 1 aliphatic rings. The quantitative estimate of drug-likeness (QED) is 0.675. The first-order valence-electron chi connectivity index (χ1n) is 7.17. The molecule has 2 aromatic rings. The molecule has 0 unspecified atom stereocenters. The Labute approximate surface area is 133 Å². The van der Waals surface area contributed by atoms with Crippen molar-refractivity contribution in [3.63, 3.8) is 0 Å². The summed E-state index contributed by atoms with van der Waals surface area (Å²) in [6.07, 6.45) is 1.68. The van der Waals surface area contributed by atoms with E-state index in [0.29, 0.717) is 0 Å². The summed E-state index contributed by atoms with van der Waals surface area (Å²) in [6, 6.07) is 9.22. The van der Waals surface area contributed by atoms with E-state index >= 15 is 0 Å². The lowest BCUT2D eigenvalue weighted by atomic mass is 10.2. The summed E-state index contributed by atoms with van der Waals surface area (Å²) in [4.78, 5) is 22.9. The van der Waals surface area contributed by atoms with Crippen LogP contribution in [-0.4, -0.2) is 23.6 Å². The maximum absolute atomic E-state index is 11.7. The lowest BCUT2D eigenvalue weighted by molar-refractivity contribution is -0.115. The Morgan fingerprint density at radius 2 is 1.91 bits per heavy atom. The van der Waals surface area contributed by atoms with Crippen molar-refractivity contribution in [1.29, 1.82) is 0 Å². The Kier molecular flexibility index (Phi) is 3.65. The number of imide groups is 1. The van der Waals surface area contributed by atoms with Crippen LogP contribution in [0.2, 0.25) is 0 Å². The predicted molar refractivity (Wildman–Crippen MR) is 86.4 cm³/mol. The molecule has 1 aliphatic heterocycles. The number of amides is 3. The zero-order valence-electron chi connectivity index (χ0n) is 13.1. The second-order valence-corrected chi connectivity index (χ2v) is 5.33. The third-order valence-corrected chi connectivity index (χ3v) is 3.80. The highest BCUT2D eigenvalue weighted by molar-refractivity contribution is 6.14. The maximum atomic E-state index is 11.7. The first-order valence-corrected chi connectivity index (χ1v) is 7.17. The number of urea groups is 1. The molecule has 1 aromatic carbocycles. The summed E-state index contributed by atoms with van der Waals surface area (Å²) in [5, 5.41) is 4.69. The topological polar surface area (TPSA) is 72.4 Å². The SMILES string of the molecule is COc1cccc(-n2c(C)cc(/C=C3\NC(=O)NC3=O)c2C)c1. The zero-order valence-corrected chi connectivity index (χ0v) is 13.1. The highest BCUT2D eigenvalue weighted by Gasteiger charge is 2.23. The fourth-order valence-corrected chi connectivity index (χ4v) is 2.72. The Balaban J connectivity index is 2.05. The molecule has 1 saturated heterocycles. The van der Waals surface area contributed by atoms with Crippen LogP contribution in [0.1, 0.15) is 17.0 Å². The maximum Gasteiger partial charge on any atom is 0.326 e. The number of benzene rings is 1. The third-order valence-electron chi connectivity index (χ3n) is 3.80. The lowest BCUT2D eigenvalue weighted by Crippen LogP contribution is -2.22. The minimum atomic E-state index is -0.497. The molecule has 3 amide bonds. The molecule has 0 spiro atoms. The highest BCUT2D eigenvalue weighted by Crippen LogP contribution is 2.25. The van der Waals surface area contributed by atoms with E-state index < -0.39 is 11.9 Å². The number of methoxy groups -OCH3 is 1. The average Bonchev–Trinajstić information content (AvgIpc) is 2.98. The molecule has 3 rings (SSSR count). The first-order chi connectivity index (χ1) is 11.0. The lowest BCUT2D eigenvalue weighted by Gasteiger charge is -2.11. The second-order valence-electron chi connectivity index (χ2n) is 5.33. The van der Waals surface area contributed by atoms with Gasteiger partial charge in [-0.25, -0.2) is 4.79 Å². The number of carbonyl (C=O) groups excluding carboxylic acids is 2. The van der Waals surface area contributed by atoms with Crippen LogP contribution in [0.4, 0.5) is 4.79 Å². The van der Waals surface area contributed by atoms with E-state index in [1.807, 2.05) is 44.2 Å². The van der Waals surface area contributed by atoms with Crippen LogP contribution < -0.4 is 15.4 Å². The highest BCUT2D eigenvalue weighted by atomic mass is 16.5. The molecule has 6 heteroatoms. The van der Waals surface area contributed by atoms with Crippen LogP contribution in [0.5, 0.6) is 5.75 Å². The van der Waals surface area contributed by atoms with Crippen molar-refractivity contribution in [1.82, 2.24) is 15.2 Å². The number of rotatable bonds is 3. The van der Waals surface area contributed by atoms with Crippen LogP contribution >= 0.6 is 0 Å². The van der Waals surface area contributed by atoms with Gasteiger partial charge in [-0.3, -0.25) is 10.1 Å². The number of carbonyl (C=O) groups is 2. The van der Waals surface area contributed by atoms with Crippen LogP contribution in [0.3, 0.4) is 0 Å². The van der Waals surface area contributed by atoms with Gasteiger partial charge in [0.2, 0.25) is 0 Å². The van der Waals surface area contributed by atoms with Crippen molar-refractivity contribution >= 4 is 18.0 Å². The first kappa shape index (κ1) is 14.9. The van der Waals surface area contributed by atoms with Crippen molar-refractivity contribution in [2.24, 2.45) is 0 Å². The van der Waals surface area contributed by atoms with Gasteiger partial charge in [-0.15, -0.1) is 0 Å². The molecule has 2 N–H and O–H groups in total. The number of hydrogen-bond acceptors (Lipinski definition) is 3. The number of aromatic nitrogens is 1. The fourth-order valence-electron chi connectivity index (χ4n) is 2.72. The van der Waals surface area contributed by atoms with Crippen molar-refractivity contribution < 1.29 is 14.3 Å². The van der Waals surface area contributed by atoms with Gasteiger partial charge in [0, 0.05) is 23.1 Å². The summed E-state index contributed by atoms with van der Waals surface area (Å²) in [5.74, 6) is 0.360. The minimum Gasteiger partial charge on any atom is -0.497 e. The number of nitrogens with one attached hydrogen (secondary N) is 2. The average molecular weight is 311 g/mol. The smallest absolute Gasteiger partial charge is 0.326 e. The molecule has 0 aliphatic carbocycles. The molecular formula is C17H17N3O3. The van der Waals surface area contributed by atoms with E-state index in [1.165, 1.54) is 0 Å². The van der Waals surface area contributed by atoms with Crippen LogP contribution in [-0.2, 0) is 4.79 Å². The second kappa shape index (κ2) is 5.64. The van der Waals surface area contributed by atoms with Gasteiger partial charge >= 0.3 is 6.03 Å². The number of ether oxygens (including phenoxy) is 1. The summed E-state index contributed by atoms with van der Waals surface area (Å²) in [6.45, 7) is 3.95. The molecular weight excluding hydrogens is 294 g/mol. The Hall–Kier alpha value is -3.02. The van der Waals surface area contributed by atoms with Crippen molar-refractivity contribution in [3.05, 3.63) is 53.0 Å². The summed E-state index contributed by atoms with van der Waals surface area (Å²) < 4.78 is 7.34. The van der Waals surface area contributed by atoms with E-state index in [9.17, 15) is 9.59 Å². The van der Waals surface area contributed by atoms with Crippen LogP contribution in [0, 0.1) is 13.8 Å². The van der Waals surface area contributed by atoms with Gasteiger partial charge in [-0.2, -0.15) is 0 Å². The third kappa shape index (κ3) is 2.70. The standard InChI is InChI=1S/C17H17N3O3/c1-10-7-12(8-15-16(21)19-17(22)18-15)11(2)20(10)13-5-4-6-14(9-13)23-3/h4-9H,1-3H3,(H2,18,19,21,22)/b15-8-. The zero-order chi connectivity index (χ0) is 16.6. The van der Waals surface area contributed by atoms with Crippen molar-refractivity contribution in [2.75, 3.05) is 7.11 Å². The molecule has 23 heavy (non-hydrogen) atoms. The van der Waals surface area contributed by atoms with E-state index in [4.69, 9.17) is 4.74 Å². The largest absolute Gasteiger partial charge is 0.497 e. The predicted octanol–water partition coefficient (Wildman–Crippen LogP) is 2.28. The van der Waals surface area contributed by atoms with Gasteiger partial charge in [-0.1, -0.05) is 6.07 Å². The summed E-state index contributed by atoms with van der Waals surface area (Å²) in [7, 11) is 1.63. The van der Waals surface area contributed by atoms with Gasteiger partial charge in [-0.05, 0) is 43.7 Å². The van der Waals surface area contributed by atoms with Gasteiger partial charge in [0.1, 0.15) is 11.4 Å². The van der Waals surface area contributed by atoms with E-state index in [1.54, 1.807) is 13.2 Å². The molecule has 0 radical (unpaired) electrons. The molecule has 6 nitrogen and oxygen atoms in total. The van der Waals surface area contributed by atoms with Crippen molar-refractivity contribution in [3.8, 4) is 11.4 Å². The van der Waals surface area contributed by atoms with E-state index in [0.717, 1.165) is 28.4 Å². The monoisotopic (exact) mass is 311 g/mol. The molecule has 1 fully saturated rings. The van der Waals surface area contributed by atoms with Gasteiger partial charge in [0.15, 0.2) is 0 Å². The van der Waals surface area contributed by atoms with Crippen molar-refractivity contribution in [2.45, 2.75) is 13.8 Å².